The number of para-hydroxylation sites is 1. The Hall–Kier alpha value is -0.930. The molecule has 20 heavy (non-hydrogen) atoms. The fourth-order valence-electron chi connectivity index (χ4n) is 1.85. The average molecular weight is 331 g/mol. The van der Waals surface area contributed by atoms with Crippen molar-refractivity contribution in [2.24, 2.45) is 5.73 Å². The molecule has 0 saturated heterocycles. The fraction of sp³-hybridized carbons (Fsp3) is 0.200. The average Bonchev–Trinajstić information content (AvgIpc) is 2.38. The summed E-state index contributed by atoms with van der Waals surface area (Å²) >= 11 is 18.3. The van der Waals surface area contributed by atoms with Gasteiger partial charge in [-0.3, -0.25) is 0 Å². The predicted molar refractivity (Wildman–Crippen MR) is 85.3 cm³/mol. The number of ether oxygens (including phenoxy) is 1. The molecule has 0 bridgehead atoms. The quantitative estimate of drug-likeness (QED) is 0.822. The van der Waals surface area contributed by atoms with Crippen LogP contribution >= 0.6 is 34.8 Å². The first-order valence-corrected chi connectivity index (χ1v) is 7.27. The minimum absolute atomic E-state index is 0.00523. The third-order valence-electron chi connectivity index (χ3n) is 2.72. The van der Waals surface area contributed by atoms with Crippen molar-refractivity contribution in [3.63, 3.8) is 0 Å². The van der Waals surface area contributed by atoms with Gasteiger partial charge in [0.05, 0.1) is 10.0 Å². The van der Waals surface area contributed by atoms with Crippen LogP contribution in [-0.4, -0.2) is 6.04 Å². The first kappa shape index (κ1) is 15.5. The summed E-state index contributed by atoms with van der Waals surface area (Å²) in [5.41, 5.74) is 6.78. The summed E-state index contributed by atoms with van der Waals surface area (Å²) in [7, 11) is 0. The summed E-state index contributed by atoms with van der Waals surface area (Å²) in [4.78, 5) is 0. The zero-order valence-corrected chi connectivity index (χ0v) is 13.1. The first-order valence-electron chi connectivity index (χ1n) is 6.14. The SMILES string of the molecule is CC(N)Cc1cccc(Cl)c1Oc1cccc(Cl)c1Cl. The van der Waals surface area contributed by atoms with E-state index in [-0.39, 0.29) is 6.04 Å². The van der Waals surface area contributed by atoms with Gasteiger partial charge >= 0.3 is 0 Å². The van der Waals surface area contributed by atoms with Gasteiger partial charge in [0.15, 0.2) is 0 Å². The van der Waals surface area contributed by atoms with E-state index in [2.05, 4.69) is 0 Å². The van der Waals surface area contributed by atoms with Gasteiger partial charge < -0.3 is 10.5 Å². The second-order valence-electron chi connectivity index (χ2n) is 4.56. The molecular weight excluding hydrogens is 317 g/mol. The lowest BCUT2D eigenvalue weighted by atomic mass is 10.1. The van der Waals surface area contributed by atoms with Gasteiger partial charge in [-0.2, -0.15) is 0 Å². The van der Waals surface area contributed by atoms with E-state index in [9.17, 15) is 0 Å². The van der Waals surface area contributed by atoms with Crippen molar-refractivity contribution in [2.45, 2.75) is 19.4 Å². The van der Waals surface area contributed by atoms with Crippen LogP contribution in [0, 0.1) is 0 Å². The zero-order valence-electron chi connectivity index (χ0n) is 10.9. The maximum Gasteiger partial charge on any atom is 0.149 e. The standard InChI is InChI=1S/C15H14Cl3NO/c1-9(19)8-10-4-2-6-12(17)15(10)20-13-7-3-5-11(16)14(13)18/h2-7,9H,8,19H2,1H3. The normalized spacial score (nSPS) is 12.2. The van der Waals surface area contributed by atoms with E-state index in [1.165, 1.54) is 0 Å². The van der Waals surface area contributed by atoms with Gasteiger partial charge in [0.25, 0.3) is 0 Å². The molecule has 2 aromatic rings. The Balaban J connectivity index is 2.40. The number of hydrogen-bond donors (Lipinski definition) is 1. The zero-order chi connectivity index (χ0) is 14.7. The van der Waals surface area contributed by atoms with Crippen LogP contribution in [0.25, 0.3) is 0 Å². The molecule has 0 heterocycles. The Kier molecular flexibility index (Phi) is 5.17. The highest BCUT2D eigenvalue weighted by atomic mass is 35.5. The van der Waals surface area contributed by atoms with Gasteiger partial charge in [0, 0.05) is 6.04 Å². The lowest BCUT2D eigenvalue weighted by Crippen LogP contribution is -2.18. The summed E-state index contributed by atoms with van der Waals surface area (Å²) in [5, 5.41) is 1.31. The van der Waals surface area contributed by atoms with Crippen molar-refractivity contribution < 1.29 is 4.74 Å². The van der Waals surface area contributed by atoms with E-state index in [0.29, 0.717) is 33.0 Å². The van der Waals surface area contributed by atoms with Gasteiger partial charge in [-0.1, -0.05) is 53.0 Å². The Morgan fingerprint density at radius 1 is 1.05 bits per heavy atom. The molecule has 2 N–H and O–H groups in total. The Labute approximate surface area is 133 Å². The molecule has 0 aromatic heterocycles. The summed E-state index contributed by atoms with van der Waals surface area (Å²) < 4.78 is 5.85. The molecule has 2 aromatic carbocycles. The van der Waals surface area contributed by atoms with Crippen LogP contribution < -0.4 is 10.5 Å². The van der Waals surface area contributed by atoms with Crippen molar-refractivity contribution in [2.75, 3.05) is 0 Å². The molecule has 5 heteroatoms. The van der Waals surface area contributed by atoms with Crippen molar-refractivity contribution in [1.29, 1.82) is 0 Å². The molecule has 0 amide bonds. The van der Waals surface area contributed by atoms with Crippen molar-refractivity contribution in [3.8, 4) is 11.5 Å². The van der Waals surface area contributed by atoms with E-state index in [1.54, 1.807) is 24.3 Å². The molecule has 0 spiro atoms. The third-order valence-corrected chi connectivity index (χ3v) is 3.82. The molecule has 0 aliphatic carbocycles. The Morgan fingerprint density at radius 3 is 2.40 bits per heavy atom. The van der Waals surface area contributed by atoms with Crippen LogP contribution in [0.1, 0.15) is 12.5 Å². The van der Waals surface area contributed by atoms with Gasteiger partial charge in [-0.05, 0) is 37.1 Å². The van der Waals surface area contributed by atoms with Crippen LogP contribution in [0.2, 0.25) is 15.1 Å². The number of rotatable bonds is 4. The number of nitrogens with two attached hydrogens (primary N) is 1. The molecule has 0 saturated carbocycles. The van der Waals surface area contributed by atoms with Crippen molar-refractivity contribution in [3.05, 3.63) is 57.0 Å². The second-order valence-corrected chi connectivity index (χ2v) is 5.76. The van der Waals surface area contributed by atoms with E-state index < -0.39 is 0 Å². The molecule has 2 nitrogen and oxygen atoms in total. The molecular formula is C15H14Cl3NO. The summed E-state index contributed by atoms with van der Waals surface area (Å²) in [5.74, 6) is 1.04. The summed E-state index contributed by atoms with van der Waals surface area (Å²) in [6.07, 6.45) is 0.661. The van der Waals surface area contributed by atoms with Crippen LogP contribution in [0.15, 0.2) is 36.4 Å². The highest BCUT2D eigenvalue weighted by Gasteiger charge is 2.14. The Bertz CT molecular complexity index is 614. The fourth-order valence-corrected chi connectivity index (χ4v) is 2.41. The number of halogens is 3. The molecule has 0 aliphatic heterocycles. The largest absolute Gasteiger partial charge is 0.454 e. The predicted octanol–water partition coefficient (Wildman–Crippen LogP) is 5.33. The molecule has 2 rings (SSSR count). The number of benzene rings is 2. The lowest BCUT2D eigenvalue weighted by Gasteiger charge is -2.15. The van der Waals surface area contributed by atoms with Crippen LogP contribution in [0.3, 0.4) is 0 Å². The highest BCUT2D eigenvalue weighted by Crippen LogP contribution is 2.39. The Morgan fingerprint density at radius 2 is 1.70 bits per heavy atom. The lowest BCUT2D eigenvalue weighted by molar-refractivity contribution is 0.474. The van der Waals surface area contributed by atoms with E-state index in [4.69, 9.17) is 45.3 Å². The van der Waals surface area contributed by atoms with Crippen LogP contribution in [0.4, 0.5) is 0 Å². The van der Waals surface area contributed by atoms with Crippen molar-refractivity contribution >= 4 is 34.8 Å². The maximum atomic E-state index is 6.21. The first-order chi connectivity index (χ1) is 9.49. The summed E-state index contributed by atoms with van der Waals surface area (Å²) in [6.45, 7) is 1.93. The molecule has 0 radical (unpaired) electrons. The van der Waals surface area contributed by atoms with Gasteiger partial charge in [0.1, 0.15) is 16.5 Å². The van der Waals surface area contributed by atoms with Crippen LogP contribution in [-0.2, 0) is 6.42 Å². The topological polar surface area (TPSA) is 35.2 Å². The van der Waals surface area contributed by atoms with E-state index in [0.717, 1.165) is 5.56 Å². The van der Waals surface area contributed by atoms with Gasteiger partial charge in [0.2, 0.25) is 0 Å². The van der Waals surface area contributed by atoms with Crippen molar-refractivity contribution in [1.82, 2.24) is 0 Å². The summed E-state index contributed by atoms with van der Waals surface area (Å²) in [6, 6.07) is 10.8. The second kappa shape index (κ2) is 6.68. The number of hydrogen-bond acceptors (Lipinski definition) is 2. The van der Waals surface area contributed by atoms with Crippen LogP contribution in [0.5, 0.6) is 11.5 Å². The van der Waals surface area contributed by atoms with Gasteiger partial charge in [-0.15, -0.1) is 0 Å². The van der Waals surface area contributed by atoms with E-state index in [1.807, 2.05) is 19.1 Å². The minimum Gasteiger partial charge on any atom is -0.454 e. The molecule has 1 unspecified atom stereocenters. The molecule has 106 valence electrons. The highest BCUT2D eigenvalue weighted by molar-refractivity contribution is 6.43. The maximum absolute atomic E-state index is 6.21. The molecule has 0 aliphatic rings. The molecule has 0 fully saturated rings. The monoisotopic (exact) mass is 329 g/mol. The molecule has 1 atom stereocenters. The smallest absolute Gasteiger partial charge is 0.149 e. The minimum atomic E-state index is 0.00523. The van der Waals surface area contributed by atoms with E-state index >= 15 is 0 Å². The van der Waals surface area contributed by atoms with Gasteiger partial charge in [-0.25, -0.2) is 0 Å². The third kappa shape index (κ3) is 3.58.